The molecular formula is C33H33NO8. The van der Waals surface area contributed by atoms with Crippen LogP contribution in [0.2, 0.25) is 0 Å². The molecular weight excluding hydrogens is 538 g/mol. The number of fused-ring (bicyclic) bond motifs is 1. The zero-order valence-corrected chi connectivity index (χ0v) is 23.6. The second-order valence-electron chi connectivity index (χ2n) is 10.3. The summed E-state index contributed by atoms with van der Waals surface area (Å²) in [4.78, 5) is 37.7. The summed E-state index contributed by atoms with van der Waals surface area (Å²) >= 11 is 0. The molecule has 1 heterocycles. The van der Waals surface area contributed by atoms with Crippen molar-refractivity contribution >= 4 is 23.0 Å². The third-order valence-corrected chi connectivity index (χ3v) is 7.55. The van der Waals surface area contributed by atoms with Crippen molar-refractivity contribution in [2.24, 2.45) is 11.8 Å². The van der Waals surface area contributed by atoms with Crippen LogP contribution < -0.4 is 25.2 Å². The first kappa shape index (κ1) is 28.7. The van der Waals surface area contributed by atoms with Crippen LogP contribution in [0.25, 0.3) is 22.1 Å². The summed E-state index contributed by atoms with van der Waals surface area (Å²) in [7, 11) is 3.08. The molecule has 1 aliphatic rings. The van der Waals surface area contributed by atoms with Gasteiger partial charge in [0.1, 0.15) is 17.9 Å². The van der Waals surface area contributed by atoms with Crippen molar-refractivity contribution < 1.29 is 33.0 Å². The number of rotatable bonds is 9. The van der Waals surface area contributed by atoms with E-state index in [1.165, 1.54) is 7.11 Å². The average molecular weight is 572 g/mol. The van der Waals surface area contributed by atoms with E-state index in [4.69, 9.17) is 23.4 Å². The smallest absolute Gasteiger partial charge is 0.407 e. The van der Waals surface area contributed by atoms with E-state index in [0.29, 0.717) is 58.7 Å². The summed E-state index contributed by atoms with van der Waals surface area (Å²) in [5.41, 5.74) is 1.75. The molecule has 42 heavy (non-hydrogen) atoms. The third kappa shape index (κ3) is 6.91. The molecule has 1 aliphatic carbocycles. The van der Waals surface area contributed by atoms with E-state index in [0.717, 1.165) is 18.4 Å². The molecule has 0 aliphatic heterocycles. The van der Waals surface area contributed by atoms with Crippen molar-refractivity contribution in [3.63, 3.8) is 0 Å². The summed E-state index contributed by atoms with van der Waals surface area (Å²) in [6, 6.07) is 21.5. The lowest BCUT2D eigenvalue weighted by atomic mass is 9.82. The van der Waals surface area contributed by atoms with Gasteiger partial charge in [-0.15, -0.1) is 0 Å². The van der Waals surface area contributed by atoms with Crippen molar-refractivity contribution in [2.75, 3.05) is 20.8 Å². The number of hydrogen-bond donors (Lipinski definition) is 1. The lowest BCUT2D eigenvalue weighted by Gasteiger charge is -2.27. The topological polar surface area (TPSA) is 113 Å². The number of carbonyl (C=O) groups excluding carboxylic acids is 2. The predicted molar refractivity (Wildman–Crippen MR) is 157 cm³/mol. The molecule has 3 aromatic carbocycles. The Bertz CT molecular complexity index is 1610. The number of hydrogen-bond acceptors (Lipinski definition) is 8. The van der Waals surface area contributed by atoms with Gasteiger partial charge in [-0.2, -0.15) is 0 Å². The summed E-state index contributed by atoms with van der Waals surface area (Å²) < 4.78 is 27.1. The maximum atomic E-state index is 12.9. The van der Waals surface area contributed by atoms with Crippen LogP contribution in [0.15, 0.2) is 82.0 Å². The summed E-state index contributed by atoms with van der Waals surface area (Å²) in [5.74, 6) is 1.10. The Morgan fingerprint density at radius 3 is 2.38 bits per heavy atom. The maximum absolute atomic E-state index is 12.9. The number of alkyl carbamates (subject to hydrolysis) is 1. The van der Waals surface area contributed by atoms with Gasteiger partial charge in [0.2, 0.25) is 0 Å². The van der Waals surface area contributed by atoms with Gasteiger partial charge in [0.25, 0.3) is 0 Å². The zero-order chi connectivity index (χ0) is 29.5. The molecule has 1 aromatic heterocycles. The number of ether oxygens (including phenoxy) is 4. The quantitative estimate of drug-likeness (QED) is 0.145. The van der Waals surface area contributed by atoms with Crippen LogP contribution in [0.1, 0.15) is 31.2 Å². The lowest BCUT2D eigenvalue weighted by molar-refractivity contribution is -0.140. The highest BCUT2D eigenvalue weighted by molar-refractivity contribution is 5.84. The summed E-state index contributed by atoms with van der Waals surface area (Å²) in [6.45, 7) is 0.729. The van der Waals surface area contributed by atoms with Gasteiger partial charge in [-0.1, -0.05) is 36.4 Å². The Kier molecular flexibility index (Phi) is 9.06. The Hall–Kier alpha value is -4.79. The molecule has 4 aromatic rings. The fraction of sp³-hybridized carbons (Fsp3) is 0.303. The van der Waals surface area contributed by atoms with Crippen molar-refractivity contribution in [1.29, 1.82) is 0 Å². The number of esters is 1. The van der Waals surface area contributed by atoms with Gasteiger partial charge >= 0.3 is 17.7 Å². The van der Waals surface area contributed by atoms with E-state index in [-0.39, 0.29) is 24.4 Å². The molecule has 0 bridgehead atoms. The van der Waals surface area contributed by atoms with E-state index in [2.05, 4.69) is 5.32 Å². The standard InChI is InChI=1S/C33H33NO8/c1-38-28-15-13-24(17-30(28)39-2)27-16-25-12-14-26(18-29(25)42-32(27)36)41-31(35)23-10-8-21(9-11-23)19-34-33(37)40-20-22-6-4-3-5-7-22/h3-7,12-18,21,23H,8-11,19-20H2,1-2H3,(H,34,37). The minimum atomic E-state index is -0.519. The van der Waals surface area contributed by atoms with Crippen LogP contribution >= 0.6 is 0 Å². The number of amides is 1. The highest BCUT2D eigenvalue weighted by atomic mass is 16.5. The summed E-state index contributed by atoms with van der Waals surface area (Å²) in [6.07, 6.45) is 2.48. The molecule has 9 nitrogen and oxygen atoms in total. The fourth-order valence-corrected chi connectivity index (χ4v) is 5.16. The predicted octanol–water partition coefficient (Wildman–Crippen LogP) is 6.12. The second kappa shape index (κ2) is 13.2. The highest BCUT2D eigenvalue weighted by Gasteiger charge is 2.28. The molecule has 9 heteroatoms. The molecule has 1 fully saturated rings. The Labute approximate surface area is 243 Å². The normalized spacial score (nSPS) is 16.4. The van der Waals surface area contributed by atoms with Crippen LogP contribution in [0, 0.1) is 11.8 Å². The van der Waals surface area contributed by atoms with Gasteiger partial charge in [0.15, 0.2) is 11.5 Å². The van der Waals surface area contributed by atoms with Crippen LogP contribution in [-0.4, -0.2) is 32.8 Å². The van der Waals surface area contributed by atoms with Gasteiger partial charge in [0.05, 0.1) is 25.7 Å². The fourth-order valence-electron chi connectivity index (χ4n) is 5.16. The van der Waals surface area contributed by atoms with Crippen molar-refractivity contribution in [2.45, 2.75) is 32.3 Å². The van der Waals surface area contributed by atoms with E-state index < -0.39 is 11.7 Å². The van der Waals surface area contributed by atoms with Gasteiger partial charge in [-0.05, 0) is 73.1 Å². The van der Waals surface area contributed by atoms with Crippen LogP contribution in [-0.2, 0) is 16.1 Å². The number of methoxy groups -OCH3 is 2. The second-order valence-corrected chi connectivity index (χ2v) is 10.3. The molecule has 0 atom stereocenters. The van der Waals surface area contributed by atoms with E-state index in [1.807, 2.05) is 30.3 Å². The van der Waals surface area contributed by atoms with Gasteiger partial charge in [-0.25, -0.2) is 9.59 Å². The summed E-state index contributed by atoms with van der Waals surface area (Å²) in [5, 5.41) is 3.52. The van der Waals surface area contributed by atoms with E-state index in [1.54, 1.807) is 49.6 Å². The first-order valence-corrected chi connectivity index (χ1v) is 13.9. The molecule has 1 N–H and O–H groups in total. The Morgan fingerprint density at radius 1 is 0.881 bits per heavy atom. The number of benzene rings is 3. The van der Waals surface area contributed by atoms with Crippen molar-refractivity contribution in [3.05, 3.63) is 88.8 Å². The largest absolute Gasteiger partial charge is 0.493 e. The third-order valence-electron chi connectivity index (χ3n) is 7.55. The van der Waals surface area contributed by atoms with Crippen LogP contribution in [0.4, 0.5) is 4.79 Å². The first-order valence-electron chi connectivity index (χ1n) is 13.9. The minimum Gasteiger partial charge on any atom is -0.493 e. The lowest BCUT2D eigenvalue weighted by Crippen LogP contribution is -2.33. The number of carbonyl (C=O) groups is 2. The van der Waals surface area contributed by atoms with E-state index in [9.17, 15) is 14.4 Å². The minimum absolute atomic E-state index is 0.225. The molecule has 0 saturated heterocycles. The SMILES string of the molecule is COc1ccc(-c2cc3ccc(OC(=O)C4CCC(CNC(=O)OCc5ccccc5)CC4)cc3oc2=O)cc1OC. The van der Waals surface area contributed by atoms with Gasteiger partial charge in [-0.3, -0.25) is 4.79 Å². The van der Waals surface area contributed by atoms with E-state index >= 15 is 0 Å². The van der Waals surface area contributed by atoms with Crippen molar-refractivity contribution in [3.8, 4) is 28.4 Å². The number of nitrogens with one attached hydrogen (secondary N) is 1. The van der Waals surface area contributed by atoms with Gasteiger partial charge < -0.3 is 28.7 Å². The van der Waals surface area contributed by atoms with Crippen LogP contribution in [0.3, 0.4) is 0 Å². The maximum Gasteiger partial charge on any atom is 0.407 e. The first-order chi connectivity index (χ1) is 20.4. The molecule has 0 spiro atoms. The Balaban J connectivity index is 1.13. The molecule has 1 saturated carbocycles. The monoisotopic (exact) mass is 571 g/mol. The van der Waals surface area contributed by atoms with Crippen LogP contribution in [0.5, 0.6) is 17.2 Å². The van der Waals surface area contributed by atoms with Gasteiger partial charge in [0, 0.05) is 18.0 Å². The highest BCUT2D eigenvalue weighted by Crippen LogP contribution is 2.33. The average Bonchev–Trinajstić information content (AvgIpc) is 3.02. The molecule has 1 amide bonds. The molecule has 218 valence electrons. The zero-order valence-electron chi connectivity index (χ0n) is 23.6. The van der Waals surface area contributed by atoms with Crippen molar-refractivity contribution in [1.82, 2.24) is 5.32 Å². The molecule has 0 radical (unpaired) electrons. The molecule has 5 rings (SSSR count). The Morgan fingerprint density at radius 2 is 1.64 bits per heavy atom. The molecule has 0 unspecified atom stereocenters.